The number of benzene rings is 7. The largest absolute Gasteiger partial charge is 0.292 e. The second-order valence-corrected chi connectivity index (χ2v) is 12.0. The van der Waals surface area contributed by atoms with Gasteiger partial charge in [-0.15, -0.1) is 5.73 Å². The molecule has 2 nitrogen and oxygen atoms in total. The Balaban J connectivity index is 1.19. The zero-order valence-electron chi connectivity index (χ0n) is 25.8. The highest BCUT2D eigenvalue weighted by Gasteiger charge is 2.21. The van der Waals surface area contributed by atoms with E-state index < -0.39 is 0 Å². The Kier molecular flexibility index (Phi) is 6.52. The number of nitrogens with zero attached hydrogens (tertiary/aromatic N) is 2. The van der Waals surface area contributed by atoms with Gasteiger partial charge in [-0.2, -0.15) is 0 Å². The van der Waals surface area contributed by atoms with Gasteiger partial charge < -0.3 is 0 Å². The Labute approximate surface area is 274 Å². The lowest BCUT2D eigenvalue weighted by atomic mass is 9.81. The van der Waals surface area contributed by atoms with E-state index in [0.29, 0.717) is 0 Å². The summed E-state index contributed by atoms with van der Waals surface area (Å²) in [6.07, 6.45) is 5.17. The Morgan fingerprint density at radius 3 is 1.79 bits per heavy atom. The van der Waals surface area contributed by atoms with Crippen molar-refractivity contribution in [1.29, 1.82) is 0 Å². The van der Waals surface area contributed by atoms with E-state index in [1.807, 2.05) is 0 Å². The van der Waals surface area contributed by atoms with Crippen LogP contribution >= 0.6 is 0 Å². The van der Waals surface area contributed by atoms with E-state index in [0.717, 1.165) is 34.5 Å². The standard InChI is InChI=1S/C45H30N2/c1-3-13-31(14-4-1)32-23-25-33(26-24-32)43-37-17-7-9-19-39(37)44(40-20-10-8-18-38(40)43)34-27-29-35(30-28-34)45-46-41-21-11-12-22-42(41)47(45)36-15-5-2-6-16-36/h1-9,11-17,19-30H,18H2. The maximum Gasteiger partial charge on any atom is 0.145 e. The number of para-hydroxylation sites is 3. The number of imidazole rings is 1. The van der Waals surface area contributed by atoms with Crippen LogP contribution in [0.4, 0.5) is 0 Å². The van der Waals surface area contributed by atoms with Crippen LogP contribution in [0.3, 0.4) is 0 Å². The normalized spacial score (nSPS) is 12.1. The molecule has 0 radical (unpaired) electrons. The predicted molar refractivity (Wildman–Crippen MR) is 197 cm³/mol. The average molecular weight is 599 g/mol. The molecule has 8 aromatic rings. The monoisotopic (exact) mass is 598 g/mol. The molecule has 1 aliphatic rings. The molecule has 0 spiro atoms. The molecule has 0 unspecified atom stereocenters. The molecular weight excluding hydrogens is 569 g/mol. The van der Waals surface area contributed by atoms with E-state index in [-0.39, 0.29) is 0 Å². The minimum Gasteiger partial charge on any atom is -0.292 e. The summed E-state index contributed by atoms with van der Waals surface area (Å²) in [6.45, 7) is 0. The Hall–Kier alpha value is -6.21. The van der Waals surface area contributed by atoms with Crippen molar-refractivity contribution in [2.24, 2.45) is 0 Å². The summed E-state index contributed by atoms with van der Waals surface area (Å²) in [6, 6.07) is 56.3. The second-order valence-electron chi connectivity index (χ2n) is 12.0. The van der Waals surface area contributed by atoms with Crippen molar-refractivity contribution in [3.63, 3.8) is 0 Å². The molecule has 2 heteroatoms. The number of hydrogen-bond donors (Lipinski definition) is 0. The van der Waals surface area contributed by atoms with E-state index >= 15 is 0 Å². The van der Waals surface area contributed by atoms with Crippen LogP contribution in [0.1, 0.15) is 11.1 Å². The van der Waals surface area contributed by atoms with Gasteiger partial charge in [-0.25, -0.2) is 4.98 Å². The lowest BCUT2D eigenvalue weighted by molar-refractivity contribution is 1.10. The number of allylic oxidation sites excluding steroid dienone is 1. The van der Waals surface area contributed by atoms with E-state index in [4.69, 9.17) is 4.98 Å². The van der Waals surface area contributed by atoms with Crippen LogP contribution in [-0.4, -0.2) is 9.55 Å². The molecular formula is C45H30N2. The lowest BCUT2D eigenvalue weighted by Gasteiger charge is -2.22. The number of rotatable bonds is 5. The fourth-order valence-electron chi connectivity index (χ4n) is 7.13. The van der Waals surface area contributed by atoms with Crippen LogP contribution < -0.4 is 0 Å². The van der Waals surface area contributed by atoms with Gasteiger partial charge in [0.25, 0.3) is 0 Å². The zero-order valence-corrected chi connectivity index (χ0v) is 25.8. The van der Waals surface area contributed by atoms with Gasteiger partial charge in [0.2, 0.25) is 0 Å². The molecule has 7 aromatic carbocycles. The van der Waals surface area contributed by atoms with Crippen molar-refractivity contribution < 1.29 is 0 Å². The highest BCUT2D eigenvalue weighted by atomic mass is 15.1. The Morgan fingerprint density at radius 1 is 0.489 bits per heavy atom. The smallest absolute Gasteiger partial charge is 0.145 e. The van der Waals surface area contributed by atoms with Crippen LogP contribution in [0.25, 0.3) is 78.3 Å². The first-order chi connectivity index (χ1) is 23.3. The molecule has 0 saturated carbocycles. The third-order valence-electron chi connectivity index (χ3n) is 9.30. The van der Waals surface area contributed by atoms with Crippen LogP contribution in [0.5, 0.6) is 0 Å². The first kappa shape index (κ1) is 27.1. The van der Waals surface area contributed by atoms with Crippen molar-refractivity contribution in [1.82, 2.24) is 9.55 Å². The molecule has 0 aliphatic heterocycles. The van der Waals surface area contributed by atoms with Crippen molar-refractivity contribution in [2.75, 3.05) is 0 Å². The molecule has 0 saturated heterocycles. The summed E-state index contributed by atoms with van der Waals surface area (Å²) in [7, 11) is 0. The van der Waals surface area contributed by atoms with Gasteiger partial charge in [0.15, 0.2) is 0 Å². The van der Waals surface area contributed by atoms with Crippen molar-refractivity contribution in [3.8, 4) is 50.5 Å². The highest BCUT2D eigenvalue weighted by Crippen LogP contribution is 2.44. The van der Waals surface area contributed by atoms with E-state index in [1.54, 1.807) is 0 Å². The minimum absolute atomic E-state index is 0.846. The molecule has 1 aromatic heterocycles. The molecule has 1 aliphatic carbocycles. The molecule has 220 valence electrons. The fraction of sp³-hybridized carbons (Fsp3) is 0.0222. The number of fused-ring (bicyclic) bond motifs is 3. The molecule has 0 atom stereocenters. The average Bonchev–Trinajstić information content (AvgIpc) is 3.54. The van der Waals surface area contributed by atoms with Gasteiger partial charge in [-0.05, 0) is 98.1 Å². The molecule has 0 amide bonds. The lowest BCUT2D eigenvalue weighted by Crippen LogP contribution is -2.01. The molecule has 0 fully saturated rings. The summed E-state index contributed by atoms with van der Waals surface area (Å²) in [5, 5.41) is 2.52. The molecule has 0 bridgehead atoms. The van der Waals surface area contributed by atoms with Gasteiger partial charge in [-0.3, -0.25) is 4.57 Å². The third-order valence-corrected chi connectivity index (χ3v) is 9.30. The van der Waals surface area contributed by atoms with Gasteiger partial charge in [0.05, 0.1) is 11.0 Å². The summed E-state index contributed by atoms with van der Waals surface area (Å²) in [4.78, 5) is 5.10. The van der Waals surface area contributed by atoms with Gasteiger partial charge in [-0.1, -0.05) is 133 Å². The third kappa shape index (κ3) is 4.63. The SMILES string of the molecule is C1=CCc2c(c(-c3ccc(-c4nc5ccccc5n4-c4ccccc4)cc3)c3ccccc3c2-c2ccc(-c3ccccc3)cc2)C=1. The molecule has 9 rings (SSSR count). The van der Waals surface area contributed by atoms with Gasteiger partial charge >= 0.3 is 0 Å². The molecule has 47 heavy (non-hydrogen) atoms. The van der Waals surface area contributed by atoms with E-state index in [2.05, 4.69) is 180 Å². The summed E-state index contributed by atoms with van der Waals surface area (Å²) < 4.78 is 2.26. The summed E-state index contributed by atoms with van der Waals surface area (Å²) in [5.41, 5.74) is 17.7. The van der Waals surface area contributed by atoms with Crippen molar-refractivity contribution in [2.45, 2.75) is 6.42 Å². The maximum atomic E-state index is 5.10. The Bertz CT molecular complexity index is 2480. The first-order valence-corrected chi connectivity index (χ1v) is 16.1. The van der Waals surface area contributed by atoms with Crippen LogP contribution in [0, 0.1) is 0 Å². The van der Waals surface area contributed by atoms with E-state index in [1.165, 1.54) is 55.3 Å². The predicted octanol–water partition coefficient (Wildman–Crippen LogP) is 11.6. The quantitative estimate of drug-likeness (QED) is 0.180. The van der Waals surface area contributed by atoms with Gasteiger partial charge in [0.1, 0.15) is 5.82 Å². The molecule has 1 heterocycles. The maximum absolute atomic E-state index is 5.10. The zero-order chi connectivity index (χ0) is 31.2. The van der Waals surface area contributed by atoms with Crippen LogP contribution in [0.2, 0.25) is 0 Å². The highest BCUT2D eigenvalue weighted by molar-refractivity contribution is 6.10. The summed E-state index contributed by atoms with van der Waals surface area (Å²) in [5.74, 6) is 0.938. The second kappa shape index (κ2) is 11.3. The number of aromatic nitrogens is 2. The topological polar surface area (TPSA) is 17.8 Å². The minimum atomic E-state index is 0.846. The number of hydrogen-bond acceptors (Lipinski definition) is 1. The first-order valence-electron chi connectivity index (χ1n) is 16.1. The molecule has 0 N–H and O–H groups in total. The fourth-order valence-corrected chi connectivity index (χ4v) is 7.13. The van der Waals surface area contributed by atoms with Crippen LogP contribution in [-0.2, 0) is 6.42 Å². The van der Waals surface area contributed by atoms with Crippen molar-refractivity contribution >= 4 is 27.9 Å². The van der Waals surface area contributed by atoms with Crippen molar-refractivity contribution in [3.05, 3.63) is 181 Å². The van der Waals surface area contributed by atoms with Gasteiger partial charge in [0, 0.05) is 11.3 Å². The Morgan fingerprint density at radius 2 is 1.04 bits per heavy atom. The van der Waals surface area contributed by atoms with Crippen LogP contribution in [0.15, 0.2) is 170 Å². The summed E-state index contributed by atoms with van der Waals surface area (Å²) >= 11 is 0. The van der Waals surface area contributed by atoms with E-state index in [9.17, 15) is 0 Å².